The molecule has 46 valence electrons. The van der Waals surface area contributed by atoms with E-state index in [9.17, 15) is 0 Å². The van der Waals surface area contributed by atoms with Crippen molar-refractivity contribution in [1.29, 1.82) is 0 Å². The van der Waals surface area contributed by atoms with Gasteiger partial charge in [-0.2, -0.15) is 0 Å². The zero-order valence-electron chi connectivity index (χ0n) is 5.38. The number of hydrogen-bond donors (Lipinski definition) is 0. The summed E-state index contributed by atoms with van der Waals surface area (Å²) in [6.45, 7) is 4.18. The highest BCUT2D eigenvalue weighted by molar-refractivity contribution is 5.42. The fraction of sp³-hybridized carbons (Fsp3) is 0.778. The van der Waals surface area contributed by atoms with E-state index in [0.717, 1.165) is 23.7 Å². The Morgan fingerprint density at radius 3 is 1.89 bits per heavy atom. The predicted octanol–water partition coefficient (Wildman–Crippen LogP) is 1.68. The lowest BCUT2D eigenvalue weighted by molar-refractivity contribution is 0.548. The Balaban J connectivity index is 2.04. The number of rotatable bonds is 0. The summed E-state index contributed by atoms with van der Waals surface area (Å²) in [5, 5.41) is 0. The van der Waals surface area contributed by atoms with Gasteiger partial charge < -0.3 is 0 Å². The fourth-order valence-corrected chi connectivity index (χ4v) is 4.04. The van der Waals surface area contributed by atoms with Gasteiger partial charge >= 0.3 is 0 Å². The fourth-order valence-electron chi connectivity index (χ4n) is 4.04. The molecule has 4 saturated carbocycles. The van der Waals surface area contributed by atoms with E-state index >= 15 is 0 Å². The van der Waals surface area contributed by atoms with Crippen molar-refractivity contribution in [2.45, 2.75) is 6.42 Å². The van der Waals surface area contributed by atoms with Gasteiger partial charge in [-0.3, -0.25) is 0 Å². The van der Waals surface area contributed by atoms with Crippen LogP contribution in [0.3, 0.4) is 0 Å². The Morgan fingerprint density at radius 1 is 1.11 bits per heavy atom. The summed E-state index contributed by atoms with van der Waals surface area (Å²) in [6, 6.07) is 0. The Morgan fingerprint density at radius 2 is 1.67 bits per heavy atom. The number of allylic oxidation sites excluding steroid dienone is 1. The predicted molar refractivity (Wildman–Crippen MR) is 34.7 cm³/mol. The van der Waals surface area contributed by atoms with Gasteiger partial charge in [-0.25, -0.2) is 0 Å². The first-order valence-corrected chi connectivity index (χ1v) is 4.08. The second-order valence-corrected chi connectivity index (χ2v) is 4.34. The number of fused-ring (bicyclic) bond motifs is 2. The summed E-state index contributed by atoms with van der Waals surface area (Å²) >= 11 is 0. The van der Waals surface area contributed by atoms with Crippen molar-refractivity contribution in [1.82, 2.24) is 0 Å². The molecule has 0 radical (unpaired) electrons. The molecule has 4 aliphatic carbocycles. The quantitative estimate of drug-likeness (QED) is 0.424. The maximum Gasteiger partial charge on any atom is -0.0137 e. The molecule has 4 aliphatic rings. The van der Waals surface area contributed by atoms with Crippen LogP contribution >= 0.6 is 0 Å². The molecule has 0 bridgehead atoms. The van der Waals surface area contributed by atoms with Crippen LogP contribution in [0.1, 0.15) is 6.42 Å². The zero-order valence-corrected chi connectivity index (χ0v) is 5.38. The molecule has 0 aromatic rings. The Labute approximate surface area is 54.9 Å². The van der Waals surface area contributed by atoms with Gasteiger partial charge in [-0.05, 0) is 41.9 Å². The largest absolute Gasteiger partial charge is 0.0993 e. The van der Waals surface area contributed by atoms with Crippen molar-refractivity contribution >= 4 is 0 Å². The molecule has 0 aromatic heterocycles. The normalized spacial score (nSPS) is 78.9. The van der Waals surface area contributed by atoms with Gasteiger partial charge in [0.05, 0.1) is 0 Å². The van der Waals surface area contributed by atoms with Crippen molar-refractivity contribution in [3.05, 3.63) is 12.2 Å². The van der Waals surface area contributed by atoms with E-state index in [1.807, 2.05) is 0 Å². The van der Waals surface area contributed by atoms with Crippen molar-refractivity contribution in [2.75, 3.05) is 0 Å². The third-order valence-corrected chi connectivity index (χ3v) is 4.30. The molecule has 0 amide bonds. The van der Waals surface area contributed by atoms with Gasteiger partial charge in [0, 0.05) is 0 Å². The third-order valence-electron chi connectivity index (χ3n) is 4.30. The van der Waals surface area contributed by atoms with Gasteiger partial charge in [0.25, 0.3) is 0 Å². The lowest BCUT2D eigenvalue weighted by atomic mass is 9.97. The average Bonchev–Trinajstić information content (AvgIpc) is 2.65. The second kappa shape index (κ2) is 0.744. The van der Waals surface area contributed by atoms with Crippen molar-refractivity contribution in [3.63, 3.8) is 0 Å². The molecule has 0 aliphatic heterocycles. The minimum atomic E-state index is 1.05. The molecule has 0 aromatic carbocycles. The van der Waals surface area contributed by atoms with Crippen LogP contribution in [0, 0.1) is 35.5 Å². The third kappa shape index (κ3) is 0.200. The van der Waals surface area contributed by atoms with Crippen molar-refractivity contribution in [3.8, 4) is 0 Å². The van der Waals surface area contributed by atoms with Gasteiger partial charge in [0.15, 0.2) is 0 Å². The van der Waals surface area contributed by atoms with E-state index < -0.39 is 0 Å². The number of hydrogen-bond acceptors (Lipinski definition) is 0. The van der Waals surface area contributed by atoms with E-state index in [2.05, 4.69) is 6.58 Å². The van der Waals surface area contributed by atoms with E-state index in [4.69, 9.17) is 0 Å². The highest BCUT2D eigenvalue weighted by atomic mass is 14.8. The van der Waals surface area contributed by atoms with Crippen LogP contribution in [0.2, 0.25) is 0 Å². The smallest absolute Gasteiger partial charge is 0.0137 e. The topological polar surface area (TPSA) is 0 Å². The van der Waals surface area contributed by atoms with Crippen LogP contribution in [-0.4, -0.2) is 0 Å². The first-order chi connectivity index (χ1) is 4.39. The van der Waals surface area contributed by atoms with Gasteiger partial charge in [-0.1, -0.05) is 12.2 Å². The molecule has 0 N–H and O–H groups in total. The Kier molecular flexibility index (Phi) is 0.314. The minimum Gasteiger partial charge on any atom is -0.0993 e. The molecule has 4 rings (SSSR count). The van der Waals surface area contributed by atoms with Gasteiger partial charge in [0.2, 0.25) is 0 Å². The molecule has 6 atom stereocenters. The highest BCUT2D eigenvalue weighted by Crippen LogP contribution is 2.85. The molecule has 6 unspecified atom stereocenters. The molecule has 9 heavy (non-hydrogen) atoms. The van der Waals surface area contributed by atoms with Crippen LogP contribution in [0.5, 0.6) is 0 Å². The van der Waals surface area contributed by atoms with E-state index in [1.54, 1.807) is 12.0 Å². The second-order valence-electron chi connectivity index (χ2n) is 4.34. The summed E-state index contributed by atoms with van der Waals surface area (Å²) in [5.74, 6) is 6.74. The minimum absolute atomic E-state index is 1.05. The molecule has 0 heterocycles. The van der Waals surface area contributed by atoms with Crippen LogP contribution in [-0.2, 0) is 0 Å². The first kappa shape index (κ1) is 3.80. The summed E-state index contributed by atoms with van der Waals surface area (Å²) in [7, 11) is 0. The molecule has 4 fully saturated rings. The van der Waals surface area contributed by atoms with Gasteiger partial charge in [0.1, 0.15) is 0 Å². The Hall–Kier alpha value is -0.260. The molecule has 0 saturated heterocycles. The lowest BCUT2D eigenvalue weighted by Gasteiger charge is -2.08. The average molecular weight is 118 g/mol. The summed E-state index contributed by atoms with van der Waals surface area (Å²) in [6.07, 6.45) is 1.59. The maximum atomic E-state index is 4.18. The monoisotopic (exact) mass is 118 g/mol. The molecule has 0 nitrogen and oxygen atoms in total. The van der Waals surface area contributed by atoms with Crippen molar-refractivity contribution < 1.29 is 0 Å². The first-order valence-electron chi connectivity index (χ1n) is 4.08. The van der Waals surface area contributed by atoms with Crippen LogP contribution in [0.25, 0.3) is 0 Å². The van der Waals surface area contributed by atoms with Gasteiger partial charge in [-0.15, -0.1) is 0 Å². The highest BCUT2D eigenvalue weighted by Gasteiger charge is 2.80. The summed E-state index contributed by atoms with van der Waals surface area (Å²) < 4.78 is 0. The van der Waals surface area contributed by atoms with Crippen LogP contribution in [0.4, 0.5) is 0 Å². The Bertz CT molecular complexity index is 206. The van der Waals surface area contributed by atoms with Crippen LogP contribution < -0.4 is 0 Å². The molecular weight excluding hydrogens is 108 g/mol. The summed E-state index contributed by atoms with van der Waals surface area (Å²) in [4.78, 5) is 0. The van der Waals surface area contributed by atoms with Crippen LogP contribution in [0.15, 0.2) is 12.2 Å². The zero-order chi connectivity index (χ0) is 5.75. The molecular formula is C9H10. The van der Waals surface area contributed by atoms with Crippen molar-refractivity contribution in [2.24, 2.45) is 35.5 Å². The van der Waals surface area contributed by atoms with E-state index in [1.165, 1.54) is 11.8 Å². The molecule has 0 spiro atoms. The SMILES string of the molecule is C=C1C2C3CC4C1C4C32. The summed E-state index contributed by atoms with van der Waals surface area (Å²) in [5.41, 5.74) is 1.66. The van der Waals surface area contributed by atoms with E-state index in [-0.39, 0.29) is 0 Å². The maximum absolute atomic E-state index is 4.18. The molecule has 0 heteroatoms. The lowest BCUT2D eigenvalue weighted by Crippen LogP contribution is -1.99. The van der Waals surface area contributed by atoms with E-state index in [0.29, 0.717) is 0 Å². The standard InChI is InChI=1S/C9H10/c1-3-6-4-2-5-7(3)9(5)8(4)6/h4-9H,1-2H2.